The van der Waals surface area contributed by atoms with Gasteiger partial charge in [-0.3, -0.25) is 0 Å². The van der Waals surface area contributed by atoms with Gasteiger partial charge < -0.3 is 4.74 Å². The van der Waals surface area contributed by atoms with Crippen molar-refractivity contribution in [3.63, 3.8) is 0 Å². The van der Waals surface area contributed by atoms with Crippen LogP contribution in [0.25, 0.3) is 0 Å². The van der Waals surface area contributed by atoms with Crippen LogP contribution >= 0.6 is 11.6 Å². The fourth-order valence-electron chi connectivity index (χ4n) is 2.23. The van der Waals surface area contributed by atoms with E-state index in [1.54, 1.807) is 24.3 Å². The first-order valence-electron chi connectivity index (χ1n) is 8.10. The summed E-state index contributed by atoms with van der Waals surface area (Å²) in [6.07, 6.45) is 1.43. The number of hydrogen-bond donors (Lipinski definition) is 1. The van der Waals surface area contributed by atoms with E-state index < -0.39 is 10.0 Å². The molecule has 0 atom stereocenters. The zero-order valence-electron chi connectivity index (χ0n) is 14.2. The number of benzene rings is 3. The van der Waals surface area contributed by atoms with Crippen LogP contribution in [0.3, 0.4) is 0 Å². The van der Waals surface area contributed by atoms with Crippen molar-refractivity contribution >= 4 is 27.8 Å². The standard InChI is InChI=1S/C20H17ClN2O3S/c21-18-8-12-20(13-9-18)27(24,25)23-22-14-16-6-10-19(11-7-16)26-15-17-4-2-1-3-5-17/h1-14,23H,15H2. The van der Waals surface area contributed by atoms with Gasteiger partial charge in [0.2, 0.25) is 0 Å². The zero-order valence-corrected chi connectivity index (χ0v) is 15.8. The van der Waals surface area contributed by atoms with Crippen molar-refractivity contribution in [3.8, 4) is 5.75 Å². The lowest BCUT2D eigenvalue weighted by Crippen LogP contribution is -2.18. The van der Waals surface area contributed by atoms with E-state index in [1.807, 2.05) is 30.3 Å². The maximum absolute atomic E-state index is 12.1. The van der Waals surface area contributed by atoms with Gasteiger partial charge in [-0.05, 0) is 59.7 Å². The van der Waals surface area contributed by atoms with Gasteiger partial charge >= 0.3 is 0 Å². The van der Waals surface area contributed by atoms with E-state index in [1.165, 1.54) is 30.5 Å². The van der Waals surface area contributed by atoms with E-state index >= 15 is 0 Å². The summed E-state index contributed by atoms with van der Waals surface area (Å²) in [5.41, 5.74) is 1.82. The summed E-state index contributed by atoms with van der Waals surface area (Å²) in [7, 11) is -3.73. The molecule has 1 N–H and O–H groups in total. The molecule has 5 nitrogen and oxygen atoms in total. The fraction of sp³-hybridized carbons (Fsp3) is 0.0500. The molecule has 0 fully saturated rings. The molecule has 3 rings (SSSR count). The molecule has 27 heavy (non-hydrogen) atoms. The monoisotopic (exact) mass is 400 g/mol. The smallest absolute Gasteiger partial charge is 0.276 e. The summed E-state index contributed by atoms with van der Waals surface area (Å²) in [6.45, 7) is 0.481. The van der Waals surface area contributed by atoms with Crippen LogP contribution in [-0.2, 0) is 16.6 Å². The third kappa shape index (κ3) is 5.57. The number of nitrogens with one attached hydrogen (secondary N) is 1. The molecular formula is C20H17ClN2O3S. The van der Waals surface area contributed by atoms with Crippen molar-refractivity contribution < 1.29 is 13.2 Å². The lowest BCUT2D eigenvalue weighted by Gasteiger charge is -2.06. The van der Waals surface area contributed by atoms with Crippen molar-refractivity contribution in [2.24, 2.45) is 5.10 Å². The number of halogens is 1. The van der Waals surface area contributed by atoms with Gasteiger partial charge in [-0.2, -0.15) is 13.5 Å². The molecule has 0 radical (unpaired) electrons. The third-order valence-electron chi connectivity index (χ3n) is 3.64. The topological polar surface area (TPSA) is 67.8 Å². The van der Waals surface area contributed by atoms with E-state index in [0.717, 1.165) is 16.9 Å². The SMILES string of the molecule is O=S(=O)(NN=Cc1ccc(OCc2ccccc2)cc1)c1ccc(Cl)cc1. The molecule has 0 aliphatic carbocycles. The fourth-order valence-corrected chi connectivity index (χ4v) is 3.15. The van der Waals surface area contributed by atoms with Crippen molar-refractivity contribution in [1.29, 1.82) is 0 Å². The summed E-state index contributed by atoms with van der Waals surface area (Å²) in [6, 6.07) is 22.9. The summed E-state index contributed by atoms with van der Waals surface area (Å²) >= 11 is 5.76. The molecule has 0 unspecified atom stereocenters. The lowest BCUT2D eigenvalue weighted by atomic mass is 10.2. The molecular weight excluding hydrogens is 384 g/mol. The molecule has 138 valence electrons. The first-order valence-corrected chi connectivity index (χ1v) is 9.96. The number of rotatable bonds is 7. The van der Waals surface area contributed by atoms with E-state index in [9.17, 15) is 8.42 Å². The predicted molar refractivity (Wildman–Crippen MR) is 107 cm³/mol. The molecule has 0 saturated heterocycles. The van der Waals surface area contributed by atoms with Gasteiger partial charge in [-0.1, -0.05) is 41.9 Å². The van der Waals surface area contributed by atoms with Crippen LogP contribution in [0.15, 0.2) is 88.9 Å². The minimum atomic E-state index is -3.73. The number of ether oxygens (including phenoxy) is 1. The molecule has 3 aromatic carbocycles. The molecule has 0 aliphatic heterocycles. The van der Waals surface area contributed by atoms with Crippen LogP contribution in [0.2, 0.25) is 5.02 Å². The summed E-state index contributed by atoms with van der Waals surface area (Å²) in [5, 5.41) is 4.26. The molecule has 7 heteroatoms. The Morgan fingerprint density at radius 3 is 2.26 bits per heavy atom. The molecule has 0 amide bonds. The maximum atomic E-state index is 12.1. The highest BCUT2D eigenvalue weighted by atomic mass is 35.5. The van der Waals surface area contributed by atoms with Crippen LogP contribution in [0.1, 0.15) is 11.1 Å². The summed E-state index contributed by atoms with van der Waals surface area (Å²) < 4.78 is 29.9. The molecule has 3 aromatic rings. The Kier molecular flexibility index (Phi) is 6.11. The molecule has 0 spiro atoms. The first-order chi connectivity index (χ1) is 13.0. The zero-order chi connectivity index (χ0) is 19.1. The second kappa shape index (κ2) is 8.70. The summed E-state index contributed by atoms with van der Waals surface area (Å²) in [4.78, 5) is 2.26. The van der Waals surface area contributed by atoms with E-state index in [2.05, 4.69) is 9.93 Å². The largest absolute Gasteiger partial charge is 0.489 e. The highest BCUT2D eigenvalue weighted by Crippen LogP contribution is 2.15. The average Bonchev–Trinajstić information content (AvgIpc) is 2.68. The Morgan fingerprint density at radius 2 is 1.59 bits per heavy atom. The van der Waals surface area contributed by atoms with Gasteiger partial charge in [-0.25, -0.2) is 4.83 Å². The van der Waals surface area contributed by atoms with Gasteiger partial charge in [-0.15, -0.1) is 0 Å². The van der Waals surface area contributed by atoms with Gasteiger partial charge in [0.05, 0.1) is 11.1 Å². The Labute approximate surface area is 163 Å². The number of hydrogen-bond acceptors (Lipinski definition) is 4. The number of nitrogens with zero attached hydrogens (tertiary/aromatic N) is 1. The third-order valence-corrected chi connectivity index (χ3v) is 5.13. The molecule has 0 heterocycles. The number of sulfonamides is 1. The van der Waals surface area contributed by atoms with E-state index in [0.29, 0.717) is 11.6 Å². The van der Waals surface area contributed by atoms with Crippen LogP contribution in [0, 0.1) is 0 Å². The highest BCUT2D eigenvalue weighted by Gasteiger charge is 2.11. The maximum Gasteiger partial charge on any atom is 0.276 e. The normalized spacial score (nSPS) is 11.4. The van der Waals surface area contributed by atoms with Crippen LogP contribution < -0.4 is 9.57 Å². The summed E-state index contributed by atoms with van der Waals surface area (Å²) in [5.74, 6) is 0.720. The van der Waals surface area contributed by atoms with Crippen molar-refractivity contribution in [2.45, 2.75) is 11.5 Å². The second-order valence-electron chi connectivity index (χ2n) is 5.65. The minimum absolute atomic E-state index is 0.0914. The van der Waals surface area contributed by atoms with Crippen LogP contribution in [0.5, 0.6) is 5.75 Å². The first kappa shape index (κ1) is 18.9. The van der Waals surface area contributed by atoms with E-state index in [-0.39, 0.29) is 4.90 Å². The van der Waals surface area contributed by atoms with Gasteiger partial charge in [0, 0.05) is 5.02 Å². The molecule has 0 aromatic heterocycles. The minimum Gasteiger partial charge on any atom is -0.489 e. The highest BCUT2D eigenvalue weighted by molar-refractivity contribution is 7.89. The van der Waals surface area contributed by atoms with Crippen LogP contribution in [-0.4, -0.2) is 14.6 Å². The lowest BCUT2D eigenvalue weighted by molar-refractivity contribution is 0.306. The quantitative estimate of drug-likeness (QED) is 0.476. The van der Waals surface area contributed by atoms with Gasteiger partial charge in [0.25, 0.3) is 10.0 Å². The van der Waals surface area contributed by atoms with E-state index in [4.69, 9.17) is 16.3 Å². The van der Waals surface area contributed by atoms with Gasteiger partial charge in [0.1, 0.15) is 12.4 Å². The van der Waals surface area contributed by atoms with Crippen molar-refractivity contribution in [1.82, 2.24) is 4.83 Å². The Hall–Kier alpha value is -2.83. The van der Waals surface area contributed by atoms with Crippen LogP contribution in [0.4, 0.5) is 0 Å². The Bertz CT molecular complexity index is 1000. The average molecular weight is 401 g/mol. The molecule has 0 saturated carbocycles. The molecule has 0 aliphatic rings. The molecule has 0 bridgehead atoms. The second-order valence-corrected chi connectivity index (χ2v) is 7.75. The predicted octanol–water partition coefficient (Wildman–Crippen LogP) is 4.23. The van der Waals surface area contributed by atoms with Crippen molar-refractivity contribution in [3.05, 3.63) is 95.0 Å². The van der Waals surface area contributed by atoms with Crippen molar-refractivity contribution in [2.75, 3.05) is 0 Å². The van der Waals surface area contributed by atoms with Gasteiger partial charge in [0.15, 0.2) is 0 Å². The Balaban J connectivity index is 1.56. The number of hydrazone groups is 1. The Morgan fingerprint density at radius 1 is 0.926 bits per heavy atom.